The third-order valence-corrected chi connectivity index (χ3v) is 2.39. The van der Waals surface area contributed by atoms with Crippen LogP contribution in [0.1, 0.15) is 25.7 Å². The molecule has 3 amide bonds. The van der Waals surface area contributed by atoms with E-state index in [0.29, 0.717) is 32.5 Å². The predicted octanol–water partition coefficient (Wildman–Crippen LogP) is -0.307. The summed E-state index contributed by atoms with van der Waals surface area (Å²) >= 11 is 0. The molecule has 0 rings (SSSR count). The van der Waals surface area contributed by atoms with Gasteiger partial charge in [0.15, 0.2) is 0 Å². The van der Waals surface area contributed by atoms with Crippen LogP contribution in [0.15, 0.2) is 0 Å². The van der Waals surface area contributed by atoms with Crippen LogP contribution in [0.3, 0.4) is 0 Å². The Hall–Kier alpha value is -1.83. The Labute approximate surface area is 118 Å². The summed E-state index contributed by atoms with van der Waals surface area (Å²) in [5, 5.41) is 16.0. The molecule has 8 nitrogen and oxygen atoms in total. The second kappa shape index (κ2) is 12.2. The fourth-order valence-electron chi connectivity index (χ4n) is 1.36. The largest absolute Gasteiger partial charge is 0.481 e. The first kappa shape index (κ1) is 18.2. The van der Waals surface area contributed by atoms with Crippen LogP contribution in [-0.2, 0) is 14.3 Å². The number of hydrogen-bond donors (Lipinski definition) is 4. The summed E-state index contributed by atoms with van der Waals surface area (Å²) < 4.78 is 4.77. The van der Waals surface area contributed by atoms with Gasteiger partial charge in [-0.05, 0) is 12.8 Å². The average Bonchev–Trinajstić information content (AvgIpc) is 2.40. The van der Waals surface area contributed by atoms with Gasteiger partial charge in [0.2, 0.25) is 5.91 Å². The molecule has 0 atom stereocenters. The molecule has 0 aromatic rings. The molecule has 0 aliphatic heterocycles. The lowest BCUT2D eigenvalue weighted by Crippen LogP contribution is -2.42. The number of amides is 3. The number of unbranched alkanes of at least 4 members (excludes halogenated alkanes) is 2. The first-order valence-corrected chi connectivity index (χ1v) is 6.55. The Morgan fingerprint density at radius 3 is 2.40 bits per heavy atom. The Bertz CT molecular complexity index is 309. The fraction of sp³-hybridized carbons (Fsp3) is 0.750. The molecule has 0 fully saturated rings. The number of nitrogens with one attached hydrogen (secondary N) is 3. The molecule has 0 aliphatic rings. The summed E-state index contributed by atoms with van der Waals surface area (Å²) in [5.41, 5.74) is 0. The van der Waals surface area contributed by atoms with Crippen LogP contribution < -0.4 is 16.0 Å². The van der Waals surface area contributed by atoms with Gasteiger partial charge in [0.25, 0.3) is 0 Å². The number of carbonyl (C=O) groups is 3. The molecule has 116 valence electrons. The van der Waals surface area contributed by atoms with Gasteiger partial charge in [-0.1, -0.05) is 6.42 Å². The van der Waals surface area contributed by atoms with Crippen molar-refractivity contribution in [2.45, 2.75) is 25.7 Å². The van der Waals surface area contributed by atoms with Gasteiger partial charge in [-0.2, -0.15) is 0 Å². The Kier molecular flexibility index (Phi) is 11.1. The molecular formula is C12H23N3O5. The van der Waals surface area contributed by atoms with Gasteiger partial charge in [-0.3, -0.25) is 9.59 Å². The quantitative estimate of drug-likeness (QED) is 0.389. The third-order valence-electron chi connectivity index (χ3n) is 2.39. The van der Waals surface area contributed by atoms with Crippen molar-refractivity contribution in [3.63, 3.8) is 0 Å². The fourth-order valence-corrected chi connectivity index (χ4v) is 1.36. The summed E-state index contributed by atoms with van der Waals surface area (Å²) in [6.07, 6.45) is 2.19. The second-order valence-corrected chi connectivity index (χ2v) is 4.16. The minimum absolute atomic E-state index is 0.0887. The average molecular weight is 289 g/mol. The van der Waals surface area contributed by atoms with Gasteiger partial charge in [-0.15, -0.1) is 0 Å². The normalized spacial score (nSPS) is 9.85. The third kappa shape index (κ3) is 12.6. The van der Waals surface area contributed by atoms with Crippen molar-refractivity contribution in [3.8, 4) is 0 Å². The maximum absolute atomic E-state index is 11.3. The van der Waals surface area contributed by atoms with Crippen LogP contribution in [0.4, 0.5) is 4.79 Å². The number of aliphatic carboxylic acids is 1. The number of ether oxygens (including phenoxy) is 1. The number of hydrogen-bond acceptors (Lipinski definition) is 4. The molecule has 0 aromatic carbocycles. The highest BCUT2D eigenvalue weighted by atomic mass is 16.5. The minimum atomic E-state index is -0.810. The van der Waals surface area contributed by atoms with E-state index in [1.807, 2.05) is 0 Å². The van der Waals surface area contributed by atoms with Crippen LogP contribution in [0.25, 0.3) is 0 Å². The highest BCUT2D eigenvalue weighted by molar-refractivity contribution is 5.83. The smallest absolute Gasteiger partial charge is 0.315 e. The van der Waals surface area contributed by atoms with E-state index in [9.17, 15) is 14.4 Å². The topological polar surface area (TPSA) is 117 Å². The molecule has 0 saturated carbocycles. The Morgan fingerprint density at radius 2 is 1.75 bits per heavy atom. The van der Waals surface area contributed by atoms with Gasteiger partial charge >= 0.3 is 12.0 Å². The highest BCUT2D eigenvalue weighted by Gasteiger charge is 2.04. The van der Waals surface area contributed by atoms with Crippen LogP contribution in [0.5, 0.6) is 0 Å². The van der Waals surface area contributed by atoms with Crippen LogP contribution in [0.2, 0.25) is 0 Å². The lowest BCUT2D eigenvalue weighted by atomic mass is 10.2. The summed E-state index contributed by atoms with van der Waals surface area (Å²) in [6.45, 7) is 1.20. The number of rotatable bonds is 11. The standard InChI is InChI=1S/C12H23N3O5/c1-20-8-7-13-10(16)9-15-12(19)14-6-4-2-3-5-11(17)18/h2-9H2,1H3,(H,13,16)(H,17,18)(H2,14,15,19). The van der Waals surface area contributed by atoms with Gasteiger partial charge in [-0.25, -0.2) is 4.79 Å². The van der Waals surface area contributed by atoms with E-state index >= 15 is 0 Å². The van der Waals surface area contributed by atoms with Gasteiger partial charge < -0.3 is 25.8 Å². The van der Waals surface area contributed by atoms with Gasteiger partial charge in [0.05, 0.1) is 13.2 Å². The van der Waals surface area contributed by atoms with E-state index < -0.39 is 12.0 Å². The molecule has 0 radical (unpaired) electrons. The predicted molar refractivity (Wildman–Crippen MR) is 72.4 cm³/mol. The molecule has 0 unspecified atom stereocenters. The van der Waals surface area contributed by atoms with Crippen LogP contribution in [0, 0.1) is 0 Å². The lowest BCUT2D eigenvalue weighted by Gasteiger charge is -2.08. The summed E-state index contributed by atoms with van der Waals surface area (Å²) in [4.78, 5) is 32.8. The van der Waals surface area contributed by atoms with Crippen molar-refractivity contribution >= 4 is 17.9 Å². The molecule has 0 aromatic heterocycles. The van der Waals surface area contributed by atoms with E-state index in [-0.39, 0.29) is 18.9 Å². The van der Waals surface area contributed by atoms with Crippen LogP contribution >= 0.6 is 0 Å². The van der Waals surface area contributed by atoms with Crippen molar-refractivity contribution in [1.29, 1.82) is 0 Å². The van der Waals surface area contributed by atoms with Crippen molar-refractivity contribution in [3.05, 3.63) is 0 Å². The van der Waals surface area contributed by atoms with Crippen molar-refractivity contribution in [2.24, 2.45) is 0 Å². The van der Waals surface area contributed by atoms with Crippen LogP contribution in [-0.4, -0.2) is 56.4 Å². The maximum atomic E-state index is 11.3. The van der Waals surface area contributed by atoms with E-state index in [2.05, 4.69) is 16.0 Å². The number of methoxy groups -OCH3 is 1. The number of carbonyl (C=O) groups excluding carboxylic acids is 2. The molecule has 20 heavy (non-hydrogen) atoms. The summed E-state index contributed by atoms with van der Waals surface area (Å²) in [6, 6.07) is -0.412. The van der Waals surface area contributed by atoms with Crippen molar-refractivity contribution in [1.82, 2.24) is 16.0 Å². The van der Waals surface area contributed by atoms with Crippen molar-refractivity contribution in [2.75, 3.05) is 33.4 Å². The zero-order chi connectivity index (χ0) is 15.2. The van der Waals surface area contributed by atoms with E-state index in [4.69, 9.17) is 9.84 Å². The number of carboxylic acid groups (broad SMARTS) is 1. The first-order valence-electron chi connectivity index (χ1n) is 6.55. The molecule has 0 heterocycles. The molecule has 0 saturated heterocycles. The van der Waals surface area contributed by atoms with Gasteiger partial charge in [0.1, 0.15) is 0 Å². The summed E-state index contributed by atoms with van der Waals surface area (Å²) in [5.74, 6) is -1.09. The second-order valence-electron chi connectivity index (χ2n) is 4.16. The van der Waals surface area contributed by atoms with E-state index in [0.717, 1.165) is 6.42 Å². The SMILES string of the molecule is COCCNC(=O)CNC(=O)NCCCCCC(=O)O. The maximum Gasteiger partial charge on any atom is 0.315 e. The Morgan fingerprint density at radius 1 is 1.00 bits per heavy atom. The Balaban J connectivity index is 3.40. The van der Waals surface area contributed by atoms with Crippen molar-refractivity contribution < 1.29 is 24.2 Å². The molecule has 0 bridgehead atoms. The number of urea groups is 1. The zero-order valence-electron chi connectivity index (χ0n) is 11.7. The summed E-state index contributed by atoms with van der Waals surface area (Å²) in [7, 11) is 1.54. The molecular weight excluding hydrogens is 266 g/mol. The molecule has 8 heteroatoms. The highest BCUT2D eigenvalue weighted by Crippen LogP contribution is 1.98. The zero-order valence-corrected chi connectivity index (χ0v) is 11.7. The first-order chi connectivity index (χ1) is 9.56. The number of carboxylic acids is 1. The molecule has 0 spiro atoms. The molecule has 0 aliphatic carbocycles. The molecule has 4 N–H and O–H groups in total. The van der Waals surface area contributed by atoms with E-state index in [1.54, 1.807) is 0 Å². The monoisotopic (exact) mass is 289 g/mol. The lowest BCUT2D eigenvalue weighted by molar-refractivity contribution is -0.137. The van der Waals surface area contributed by atoms with Gasteiger partial charge in [0, 0.05) is 26.6 Å². The minimum Gasteiger partial charge on any atom is -0.481 e. The van der Waals surface area contributed by atoms with E-state index in [1.165, 1.54) is 7.11 Å².